The van der Waals surface area contributed by atoms with Crippen molar-refractivity contribution in [1.29, 1.82) is 0 Å². The lowest BCUT2D eigenvalue weighted by Crippen LogP contribution is -2.49. The van der Waals surface area contributed by atoms with Gasteiger partial charge >= 0.3 is 0 Å². The fourth-order valence-corrected chi connectivity index (χ4v) is 3.92. The number of nitrogens with one attached hydrogen (secondary N) is 2. The molecule has 1 aromatic rings. The first-order valence-corrected chi connectivity index (χ1v) is 13.1. The van der Waals surface area contributed by atoms with E-state index in [0.29, 0.717) is 10.1 Å². The molecule has 0 fully saturated rings. The third-order valence-electron chi connectivity index (χ3n) is 5.60. The molecular weight excluding hydrogens is 440 g/mol. The highest BCUT2D eigenvalue weighted by molar-refractivity contribution is 7.80. The first kappa shape index (κ1) is 28.9. The molecule has 1 aromatic carbocycles. The van der Waals surface area contributed by atoms with Gasteiger partial charge in [-0.15, -0.1) is 0 Å². The topological polar surface area (TPSA) is 64.5 Å². The van der Waals surface area contributed by atoms with Crippen molar-refractivity contribution >= 4 is 35.0 Å². The molecule has 0 saturated heterocycles. The van der Waals surface area contributed by atoms with E-state index in [9.17, 15) is 10.2 Å². The van der Waals surface area contributed by atoms with Gasteiger partial charge < -0.3 is 20.8 Å². The summed E-state index contributed by atoms with van der Waals surface area (Å²) in [6.45, 7) is 2.85. The van der Waals surface area contributed by atoms with Gasteiger partial charge in [0.1, 0.15) is 0 Å². The largest absolute Gasteiger partial charge is 0.394 e. The molecule has 2 atom stereocenters. The zero-order valence-electron chi connectivity index (χ0n) is 19.7. The summed E-state index contributed by atoms with van der Waals surface area (Å²) < 4.78 is 0. The summed E-state index contributed by atoms with van der Waals surface area (Å²) in [5.74, 6) is 0. The highest BCUT2D eigenvalue weighted by atomic mass is 35.5. The van der Waals surface area contributed by atoms with Gasteiger partial charge in [0.25, 0.3) is 0 Å². The fourth-order valence-electron chi connectivity index (χ4n) is 3.54. The van der Waals surface area contributed by atoms with Gasteiger partial charge in [0, 0.05) is 11.6 Å². The normalized spacial score (nSPS) is 13.2. The monoisotopic (exact) mass is 482 g/mol. The molecule has 1 rings (SSSR count). The zero-order valence-corrected chi connectivity index (χ0v) is 21.3. The Labute approximate surface area is 205 Å². The van der Waals surface area contributed by atoms with Crippen LogP contribution in [0.4, 0.5) is 0 Å². The molecule has 32 heavy (non-hydrogen) atoms. The Morgan fingerprint density at radius 1 is 0.938 bits per heavy atom. The van der Waals surface area contributed by atoms with Gasteiger partial charge in [-0.2, -0.15) is 0 Å². The van der Waals surface area contributed by atoms with Crippen molar-refractivity contribution in [1.82, 2.24) is 10.6 Å². The number of hydrogen-bond donors (Lipinski definition) is 4. The minimum Gasteiger partial charge on any atom is -0.394 e. The van der Waals surface area contributed by atoms with Crippen molar-refractivity contribution in [2.24, 2.45) is 0 Å². The molecule has 2 unspecified atom stereocenters. The Balaban J connectivity index is 2.07. The molecule has 0 aliphatic rings. The minimum absolute atomic E-state index is 0.216. The van der Waals surface area contributed by atoms with E-state index in [1.54, 1.807) is 24.3 Å². The molecular formula is C26H43ClN2O2S. The van der Waals surface area contributed by atoms with Crippen LogP contribution in [0.3, 0.4) is 0 Å². The van der Waals surface area contributed by atoms with Gasteiger partial charge in [-0.25, -0.2) is 0 Å². The van der Waals surface area contributed by atoms with Gasteiger partial charge in [0.15, 0.2) is 5.11 Å². The quantitative estimate of drug-likeness (QED) is 0.147. The molecule has 0 saturated carbocycles. The molecule has 4 nitrogen and oxygen atoms in total. The SMILES string of the molecule is CCCCCCCCCCCCCCNC(=S)NC(CO)C(O)C=Cc1ccc(Cl)cc1. The minimum atomic E-state index is -0.859. The Bertz CT molecular complexity index is 625. The van der Waals surface area contributed by atoms with Crippen LogP contribution in [0.1, 0.15) is 89.5 Å². The van der Waals surface area contributed by atoms with Crippen LogP contribution in [0.15, 0.2) is 30.3 Å². The predicted octanol–water partition coefficient (Wildman–Crippen LogP) is 6.24. The highest BCUT2D eigenvalue weighted by Gasteiger charge is 2.16. The summed E-state index contributed by atoms with van der Waals surface area (Å²) >= 11 is 11.2. The lowest BCUT2D eigenvalue weighted by Gasteiger charge is -2.22. The number of unbranched alkanes of at least 4 members (excludes halogenated alkanes) is 11. The predicted molar refractivity (Wildman–Crippen MR) is 142 cm³/mol. The lowest BCUT2D eigenvalue weighted by molar-refractivity contribution is 0.134. The van der Waals surface area contributed by atoms with Crippen LogP contribution >= 0.6 is 23.8 Å². The van der Waals surface area contributed by atoms with E-state index >= 15 is 0 Å². The molecule has 6 heteroatoms. The molecule has 0 aliphatic heterocycles. The second-order valence-electron chi connectivity index (χ2n) is 8.48. The first-order valence-electron chi connectivity index (χ1n) is 12.3. The standard InChI is InChI=1S/C26H43ClN2O2S/c1-2-3-4-5-6-7-8-9-10-11-12-13-20-28-26(32)29-24(21-30)25(31)19-16-22-14-17-23(27)18-15-22/h14-19,24-25,30-31H,2-13,20-21H2,1H3,(H2,28,29,32). The number of halogens is 1. The number of aliphatic hydroxyl groups excluding tert-OH is 2. The Hall–Kier alpha value is -1.14. The van der Waals surface area contributed by atoms with Gasteiger partial charge in [-0.05, 0) is 36.3 Å². The van der Waals surface area contributed by atoms with E-state index in [0.717, 1.165) is 18.5 Å². The van der Waals surface area contributed by atoms with Crippen molar-refractivity contribution in [3.63, 3.8) is 0 Å². The summed E-state index contributed by atoms with van der Waals surface area (Å²) in [6.07, 6.45) is 18.5. The van der Waals surface area contributed by atoms with E-state index < -0.39 is 12.1 Å². The third kappa shape index (κ3) is 14.8. The summed E-state index contributed by atoms with van der Waals surface area (Å²) in [4.78, 5) is 0. The van der Waals surface area contributed by atoms with Gasteiger partial charge in [0.2, 0.25) is 0 Å². The van der Waals surface area contributed by atoms with Crippen LogP contribution < -0.4 is 10.6 Å². The summed E-state index contributed by atoms with van der Waals surface area (Å²) in [5.41, 5.74) is 0.929. The molecule has 0 amide bonds. The van der Waals surface area contributed by atoms with Crippen molar-refractivity contribution in [3.8, 4) is 0 Å². The van der Waals surface area contributed by atoms with Crippen molar-refractivity contribution in [2.45, 2.75) is 96.1 Å². The Kier molecular flexibility index (Phi) is 17.5. The van der Waals surface area contributed by atoms with Crippen LogP contribution in [0.5, 0.6) is 0 Å². The van der Waals surface area contributed by atoms with E-state index in [4.69, 9.17) is 23.8 Å². The van der Waals surface area contributed by atoms with Crippen molar-refractivity contribution in [2.75, 3.05) is 13.2 Å². The lowest BCUT2D eigenvalue weighted by atomic mass is 10.1. The second-order valence-corrected chi connectivity index (χ2v) is 9.32. The van der Waals surface area contributed by atoms with E-state index in [2.05, 4.69) is 17.6 Å². The fraction of sp³-hybridized carbons (Fsp3) is 0.654. The molecule has 4 N–H and O–H groups in total. The number of hydrogen-bond acceptors (Lipinski definition) is 3. The van der Waals surface area contributed by atoms with Crippen LogP contribution in [-0.4, -0.2) is 40.6 Å². The Morgan fingerprint density at radius 3 is 2.00 bits per heavy atom. The zero-order chi connectivity index (χ0) is 23.4. The molecule has 182 valence electrons. The van der Waals surface area contributed by atoms with Gasteiger partial charge in [0.05, 0.1) is 18.8 Å². The van der Waals surface area contributed by atoms with Gasteiger partial charge in [-0.1, -0.05) is 113 Å². The highest BCUT2D eigenvalue weighted by Crippen LogP contribution is 2.12. The van der Waals surface area contributed by atoms with E-state index in [1.165, 1.54) is 70.6 Å². The third-order valence-corrected chi connectivity index (χ3v) is 6.11. The summed E-state index contributed by atoms with van der Waals surface area (Å²) in [5, 5.41) is 27.2. The molecule has 0 spiro atoms. The maximum absolute atomic E-state index is 10.3. The number of thiocarbonyl (C=S) groups is 1. The van der Waals surface area contributed by atoms with E-state index in [-0.39, 0.29) is 6.61 Å². The van der Waals surface area contributed by atoms with Crippen LogP contribution in [0.2, 0.25) is 5.02 Å². The second kappa shape index (κ2) is 19.3. The number of benzene rings is 1. The van der Waals surface area contributed by atoms with Gasteiger partial charge in [-0.3, -0.25) is 0 Å². The Morgan fingerprint density at radius 2 is 1.47 bits per heavy atom. The average Bonchev–Trinajstić information content (AvgIpc) is 2.80. The molecule has 0 bridgehead atoms. The van der Waals surface area contributed by atoms with E-state index in [1.807, 2.05) is 12.1 Å². The summed E-state index contributed by atoms with van der Waals surface area (Å²) in [7, 11) is 0. The molecule has 0 heterocycles. The van der Waals surface area contributed by atoms with Crippen LogP contribution in [0, 0.1) is 0 Å². The van der Waals surface area contributed by atoms with Crippen molar-refractivity contribution in [3.05, 3.63) is 40.9 Å². The molecule has 0 radical (unpaired) electrons. The maximum atomic E-state index is 10.3. The van der Waals surface area contributed by atoms with Crippen molar-refractivity contribution < 1.29 is 10.2 Å². The van der Waals surface area contributed by atoms with Crippen LogP contribution in [0.25, 0.3) is 6.08 Å². The number of rotatable bonds is 18. The molecule has 0 aromatic heterocycles. The first-order chi connectivity index (χ1) is 15.6. The van der Waals surface area contributed by atoms with Crippen LogP contribution in [-0.2, 0) is 0 Å². The molecule has 0 aliphatic carbocycles. The summed E-state index contributed by atoms with van der Waals surface area (Å²) in [6, 6.07) is 6.77. The maximum Gasteiger partial charge on any atom is 0.166 e. The number of aliphatic hydroxyl groups is 2. The smallest absolute Gasteiger partial charge is 0.166 e. The average molecular weight is 483 g/mol.